The van der Waals surface area contributed by atoms with Crippen LogP contribution in [0.2, 0.25) is 0 Å². The minimum Gasteiger partial charge on any atom is -0.496 e. The molecule has 0 aliphatic rings. The lowest BCUT2D eigenvalue weighted by molar-refractivity contribution is -0.114. The van der Waals surface area contributed by atoms with Crippen molar-refractivity contribution in [2.45, 2.75) is 13.8 Å². The van der Waals surface area contributed by atoms with Crippen molar-refractivity contribution in [1.82, 2.24) is 0 Å². The van der Waals surface area contributed by atoms with Crippen molar-refractivity contribution >= 4 is 29.3 Å². The number of rotatable bonds is 5. The Morgan fingerprint density at radius 3 is 2.31 bits per heavy atom. The zero-order valence-electron chi connectivity index (χ0n) is 14.5. The molecule has 2 rings (SSSR count). The van der Waals surface area contributed by atoms with Gasteiger partial charge in [-0.2, -0.15) is 0 Å². The molecule has 0 unspecified atom stereocenters. The van der Waals surface area contributed by atoms with Crippen LogP contribution in [0.3, 0.4) is 0 Å². The molecule has 136 valence electrons. The summed E-state index contributed by atoms with van der Waals surface area (Å²) in [5.41, 5.74) is 1.19. The molecule has 7 heteroatoms. The molecule has 2 N–H and O–H groups in total. The highest BCUT2D eigenvalue weighted by molar-refractivity contribution is 6.02. The summed E-state index contributed by atoms with van der Waals surface area (Å²) in [5.74, 6) is -2.44. The first kappa shape index (κ1) is 19.1. The molecule has 0 atom stereocenters. The number of halogens is 2. The molecule has 5 nitrogen and oxygen atoms in total. The molecule has 2 aromatic rings. The lowest BCUT2D eigenvalue weighted by atomic mass is 10.1. The third-order valence-corrected chi connectivity index (χ3v) is 3.42. The summed E-state index contributed by atoms with van der Waals surface area (Å²) in [6.07, 6.45) is 2.73. The van der Waals surface area contributed by atoms with Crippen LogP contribution in [0.1, 0.15) is 18.1 Å². The number of amides is 2. The number of hydrogen-bond donors (Lipinski definition) is 2. The number of anilines is 2. The van der Waals surface area contributed by atoms with E-state index in [-0.39, 0.29) is 11.4 Å². The Morgan fingerprint density at radius 1 is 1.04 bits per heavy atom. The molecule has 0 radical (unpaired) electrons. The maximum atomic E-state index is 13.9. The molecule has 0 heterocycles. The van der Waals surface area contributed by atoms with Gasteiger partial charge in [-0.15, -0.1) is 0 Å². The summed E-state index contributed by atoms with van der Waals surface area (Å²) in [6, 6.07) is 7.08. The third-order valence-electron chi connectivity index (χ3n) is 3.42. The van der Waals surface area contributed by atoms with Crippen LogP contribution in [-0.4, -0.2) is 18.9 Å². The van der Waals surface area contributed by atoms with Crippen molar-refractivity contribution in [3.05, 3.63) is 59.2 Å². The smallest absolute Gasteiger partial charge is 0.248 e. The highest BCUT2D eigenvalue weighted by Gasteiger charge is 2.12. The van der Waals surface area contributed by atoms with Crippen LogP contribution in [-0.2, 0) is 9.59 Å². The van der Waals surface area contributed by atoms with Gasteiger partial charge in [0.2, 0.25) is 11.8 Å². The summed E-state index contributed by atoms with van der Waals surface area (Å²) in [7, 11) is 1.51. The fourth-order valence-electron chi connectivity index (χ4n) is 2.25. The standard InChI is InChI=1S/C19H18F2N2O3/c1-11-4-6-18(26-3)13(8-11)5-7-19(25)23-17-10-16(22-12(2)24)14(20)9-15(17)21/h4-10H,1-3H3,(H,22,24)(H,23,25)/b7-5+. The maximum absolute atomic E-state index is 13.9. The zero-order chi connectivity index (χ0) is 19.3. The Bertz CT molecular complexity index is 879. The van der Waals surface area contributed by atoms with Gasteiger partial charge in [-0.1, -0.05) is 11.6 Å². The predicted octanol–water partition coefficient (Wildman–Crippen LogP) is 3.89. The highest BCUT2D eigenvalue weighted by atomic mass is 19.1. The van der Waals surface area contributed by atoms with Crippen molar-refractivity contribution in [3.63, 3.8) is 0 Å². The number of ether oxygens (including phenoxy) is 1. The molecule has 0 aromatic heterocycles. The molecule has 2 amide bonds. The fourth-order valence-corrected chi connectivity index (χ4v) is 2.25. The van der Waals surface area contributed by atoms with Gasteiger partial charge in [-0.05, 0) is 31.2 Å². The Morgan fingerprint density at radius 2 is 1.69 bits per heavy atom. The van der Waals surface area contributed by atoms with Crippen molar-refractivity contribution in [2.24, 2.45) is 0 Å². The van der Waals surface area contributed by atoms with Crippen molar-refractivity contribution < 1.29 is 23.1 Å². The summed E-state index contributed by atoms with van der Waals surface area (Å²) in [6.45, 7) is 3.09. The molecular formula is C19H18F2N2O3. The summed E-state index contributed by atoms with van der Waals surface area (Å²) < 4.78 is 32.7. The van der Waals surface area contributed by atoms with Gasteiger partial charge in [0.1, 0.15) is 17.4 Å². The number of hydrogen-bond acceptors (Lipinski definition) is 3. The quantitative estimate of drug-likeness (QED) is 0.795. The Labute approximate surface area is 149 Å². The Kier molecular flexibility index (Phi) is 6.06. The van der Waals surface area contributed by atoms with E-state index in [0.717, 1.165) is 11.6 Å². The van der Waals surface area contributed by atoms with Gasteiger partial charge in [0.25, 0.3) is 0 Å². The molecule has 0 fully saturated rings. The van der Waals surface area contributed by atoms with E-state index in [4.69, 9.17) is 4.74 Å². The normalized spacial score (nSPS) is 10.7. The van der Waals surface area contributed by atoms with Gasteiger partial charge in [0, 0.05) is 24.6 Å². The summed E-state index contributed by atoms with van der Waals surface area (Å²) >= 11 is 0. The van der Waals surface area contributed by atoms with Gasteiger partial charge >= 0.3 is 0 Å². The average Bonchev–Trinajstić information content (AvgIpc) is 2.57. The van der Waals surface area contributed by atoms with E-state index < -0.39 is 23.4 Å². The number of benzene rings is 2. The van der Waals surface area contributed by atoms with Crippen molar-refractivity contribution in [2.75, 3.05) is 17.7 Å². The fraction of sp³-hybridized carbons (Fsp3) is 0.158. The number of carbonyl (C=O) groups excluding carboxylic acids is 2. The lowest BCUT2D eigenvalue weighted by Gasteiger charge is -2.09. The van der Waals surface area contributed by atoms with E-state index >= 15 is 0 Å². The van der Waals surface area contributed by atoms with Crippen molar-refractivity contribution in [3.8, 4) is 5.75 Å². The van der Waals surface area contributed by atoms with Crippen LogP contribution in [0.5, 0.6) is 5.75 Å². The Hall–Kier alpha value is -3.22. The van der Waals surface area contributed by atoms with Crippen LogP contribution < -0.4 is 15.4 Å². The molecule has 2 aromatic carbocycles. The number of methoxy groups -OCH3 is 1. The first-order valence-electron chi connectivity index (χ1n) is 7.70. The van der Waals surface area contributed by atoms with E-state index in [2.05, 4.69) is 10.6 Å². The highest BCUT2D eigenvalue weighted by Crippen LogP contribution is 2.24. The molecule has 0 saturated heterocycles. The Balaban J connectivity index is 2.20. The third kappa shape index (κ3) is 4.89. The van der Waals surface area contributed by atoms with Gasteiger partial charge in [0.15, 0.2) is 0 Å². The van der Waals surface area contributed by atoms with E-state index in [9.17, 15) is 18.4 Å². The molecule has 26 heavy (non-hydrogen) atoms. The zero-order valence-corrected chi connectivity index (χ0v) is 14.5. The van der Waals surface area contributed by atoms with E-state index in [0.29, 0.717) is 17.4 Å². The second kappa shape index (κ2) is 8.24. The van der Waals surface area contributed by atoms with Gasteiger partial charge in [-0.25, -0.2) is 8.78 Å². The van der Waals surface area contributed by atoms with Crippen LogP contribution in [0, 0.1) is 18.6 Å². The first-order valence-corrected chi connectivity index (χ1v) is 7.70. The maximum Gasteiger partial charge on any atom is 0.248 e. The molecular weight excluding hydrogens is 342 g/mol. The minimum absolute atomic E-state index is 0.224. The average molecular weight is 360 g/mol. The second-order valence-corrected chi connectivity index (χ2v) is 5.56. The van der Waals surface area contributed by atoms with Crippen molar-refractivity contribution in [1.29, 1.82) is 0 Å². The van der Waals surface area contributed by atoms with Gasteiger partial charge < -0.3 is 15.4 Å². The minimum atomic E-state index is -0.952. The lowest BCUT2D eigenvalue weighted by Crippen LogP contribution is -2.12. The van der Waals surface area contributed by atoms with Gasteiger partial charge in [-0.3, -0.25) is 9.59 Å². The van der Waals surface area contributed by atoms with E-state index in [1.807, 2.05) is 19.1 Å². The van der Waals surface area contributed by atoms with Crippen LogP contribution in [0.4, 0.5) is 20.2 Å². The monoisotopic (exact) mass is 360 g/mol. The molecule has 0 bridgehead atoms. The number of nitrogens with one attached hydrogen (secondary N) is 2. The largest absolute Gasteiger partial charge is 0.496 e. The summed E-state index contributed by atoms with van der Waals surface area (Å²) in [4.78, 5) is 23.1. The summed E-state index contributed by atoms with van der Waals surface area (Å²) in [5, 5.41) is 4.54. The van der Waals surface area contributed by atoms with E-state index in [1.54, 1.807) is 6.07 Å². The molecule has 0 aliphatic heterocycles. The second-order valence-electron chi connectivity index (χ2n) is 5.56. The SMILES string of the molecule is COc1ccc(C)cc1/C=C/C(=O)Nc1cc(NC(C)=O)c(F)cc1F. The van der Waals surface area contributed by atoms with Crippen LogP contribution >= 0.6 is 0 Å². The van der Waals surface area contributed by atoms with Crippen LogP contribution in [0.15, 0.2) is 36.4 Å². The van der Waals surface area contributed by atoms with Crippen LogP contribution in [0.25, 0.3) is 6.08 Å². The molecule has 0 saturated carbocycles. The number of aryl methyl sites for hydroxylation is 1. The first-order chi connectivity index (χ1) is 12.3. The predicted molar refractivity (Wildman–Crippen MR) is 96.1 cm³/mol. The molecule has 0 spiro atoms. The number of carbonyl (C=O) groups is 2. The topological polar surface area (TPSA) is 67.4 Å². The van der Waals surface area contributed by atoms with E-state index in [1.165, 1.54) is 26.2 Å². The van der Waals surface area contributed by atoms with Gasteiger partial charge in [0.05, 0.1) is 18.5 Å². The molecule has 0 aliphatic carbocycles.